The van der Waals surface area contributed by atoms with Gasteiger partial charge < -0.3 is 10.6 Å². The van der Waals surface area contributed by atoms with Crippen molar-refractivity contribution in [2.24, 2.45) is 11.7 Å². The van der Waals surface area contributed by atoms with Gasteiger partial charge in [0.2, 0.25) is 0 Å². The van der Waals surface area contributed by atoms with Crippen LogP contribution in [0.25, 0.3) is 0 Å². The molecule has 0 spiro atoms. The van der Waals surface area contributed by atoms with Gasteiger partial charge in [-0.3, -0.25) is 0 Å². The molecule has 0 atom stereocenters. The van der Waals surface area contributed by atoms with Crippen LogP contribution in [0.2, 0.25) is 0 Å². The van der Waals surface area contributed by atoms with E-state index >= 15 is 0 Å². The van der Waals surface area contributed by atoms with Gasteiger partial charge in [0.1, 0.15) is 5.54 Å². The van der Waals surface area contributed by atoms with Crippen molar-refractivity contribution < 1.29 is 13.2 Å². The first-order chi connectivity index (χ1) is 6.74. The lowest BCUT2D eigenvalue weighted by Gasteiger charge is -2.40. The molecule has 0 saturated carbocycles. The number of rotatable bonds is 2. The van der Waals surface area contributed by atoms with Gasteiger partial charge in [-0.05, 0) is 18.8 Å². The third-order valence-corrected chi connectivity index (χ3v) is 2.94. The number of nitrogens with zero attached hydrogens (tertiary/aromatic N) is 1. The molecule has 0 amide bonds. The normalized spacial score (nSPS) is 23.4. The van der Waals surface area contributed by atoms with Gasteiger partial charge in [0, 0.05) is 19.6 Å². The second kappa shape index (κ2) is 4.29. The predicted octanol–water partition coefficient (Wildman–Crippen LogP) is 2.00. The minimum absolute atomic E-state index is 0.0171. The fourth-order valence-corrected chi connectivity index (χ4v) is 1.93. The van der Waals surface area contributed by atoms with Gasteiger partial charge >= 0.3 is 6.18 Å². The molecule has 0 aromatic heterocycles. The zero-order valence-electron chi connectivity index (χ0n) is 9.27. The van der Waals surface area contributed by atoms with Crippen molar-refractivity contribution in [3.05, 3.63) is 0 Å². The number of hydrogen-bond acceptors (Lipinski definition) is 2. The maximum atomic E-state index is 12.6. The van der Waals surface area contributed by atoms with Gasteiger partial charge in [0.15, 0.2) is 0 Å². The van der Waals surface area contributed by atoms with Gasteiger partial charge in [0.25, 0.3) is 0 Å². The Labute approximate surface area is 88.6 Å². The molecule has 2 N–H and O–H groups in total. The lowest BCUT2D eigenvalue weighted by molar-refractivity contribution is -0.197. The first-order valence-electron chi connectivity index (χ1n) is 5.32. The molecule has 2 nitrogen and oxygen atoms in total. The second-order valence-electron chi connectivity index (χ2n) is 4.85. The van der Waals surface area contributed by atoms with Gasteiger partial charge in [-0.2, -0.15) is 13.2 Å². The Bertz CT molecular complexity index is 205. The van der Waals surface area contributed by atoms with E-state index in [-0.39, 0.29) is 12.8 Å². The van der Waals surface area contributed by atoms with E-state index in [1.807, 2.05) is 0 Å². The highest BCUT2D eigenvalue weighted by atomic mass is 19.4. The number of piperidine rings is 1. The third-order valence-electron chi connectivity index (χ3n) is 2.94. The highest BCUT2D eigenvalue weighted by molar-refractivity contribution is 4.96. The lowest BCUT2D eigenvalue weighted by atomic mass is 9.87. The first kappa shape index (κ1) is 12.8. The molecule has 1 aliphatic rings. The second-order valence-corrected chi connectivity index (χ2v) is 4.85. The summed E-state index contributed by atoms with van der Waals surface area (Å²) < 4.78 is 37.7. The molecule has 90 valence electrons. The van der Waals surface area contributed by atoms with Crippen LogP contribution in [0.3, 0.4) is 0 Å². The van der Waals surface area contributed by atoms with E-state index in [0.29, 0.717) is 19.0 Å². The quantitative estimate of drug-likeness (QED) is 0.777. The summed E-state index contributed by atoms with van der Waals surface area (Å²) >= 11 is 0. The summed E-state index contributed by atoms with van der Waals surface area (Å²) in [4.78, 5) is 2.06. The van der Waals surface area contributed by atoms with E-state index in [9.17, 15) is 13.2 Å². The average molecular weight is 224 g/mol. The zero-order chi connectivity index (χ0) is 11.7. The molecule has 1 heterocycles. The Morgan fingerprint density at radius 1 is 1.27 bits per heavy atom. The highest BCUT2D eigenvalue weighted by Gasteiger charge is 2.52. The van der Waals surface area contributed by atoms with Crippen LogP contribution < -0.4 is 5.73 Å². The van der Waals surface area contributed by atoms with Crippen molar-refractivity contribution in [2.75, 3.05) is 19.6 Å². The maximum absolute atomic E-state index is 12.6. The molecule has 0 aliphatic carbocycles. The van der Waals surface area contributed by atoms with E-state index in [1.54, 1.807) is 0 Å². The van der Waals surface area contributed by atoms with Gasteiger partial charge in [-0.1, -0.05) is 13.8 Å². The van der Waals surface area contributed by atoms with E-state index in [0.717, 1.165) is 6.54 Å². The van der Waals surface area contributed by atoms with Crippen LogP contribution in [0.5, 0.6) is 0 Å². The number of alkyl halides is 3. The van der Waals surface area contributed by atoms with Gasteiger partial charge in [0.05, 0.1) is 0 Å². The van der Waals surface area contributed by atoms with Crippen LogP contribution in [0.15, 0.2) is 0 Å². The van der Waals surface area contributed by atoms with Crippen LogP contribution in [0.1, 0.15) is 26.7 Å². The Kier molecular flexibility index (Phi) is 3.66. The number of halogens is 3. The molecule has 5 heteroatoms. The van der Waals surface area contributed by atoms with Crippen LogP contribution in [-0.2, 0) is 0 Å². The summed E-state index contributed by atoms with van der Waals surface area (Å²) in [5.41, 5.74) is 3.42. The molecule has 0 aromatic carbocycles. The smallest absolute Gasteiger partial charge is 0.318 e. The van der Waals surface area contributed by atoms with E-state index < -0.39 is 11.7 Å². The fraction of sp³-hybridized carbons (Fsp3) is 1.00. The van der Waals surface area contributed by atoms with Crippen molar-refractivity contribution in [3.8, 4) is 0 Å². The lowest BCUT2D eigenvalue weighted by Crippen LogP contribution is -2.59. The number of likely N-dealkylation sites (tertiary alicyclic amines) is 1. The summed E-state index contributed by atoms with van der Waals surface area (Å²) in [5.74, 6) is 0.487. The van der Waals surface area contributed by atoms with Gasteiger partial charge in [-0.25, -0.2) is 0 Å². The minimum Gasteiger partial charge on any atom is -0.318 e. The molecular formula is C10H19F3N2. The van der Waals surface area contributed by atoms with Gasteiger partial charge in [-0.15, -0.1) is 0 Å². The standard InChI is InChI=1S/C10H19F3N2/c1-8(2)7-15-5-3-9(14,4-6-15)10(11,12)13/h8H,3-7,14H2,1-2H3. The molecule has 1 fully saturated rings. The van der Waals surface area contributed by atoms with Crippen molar-refractivity contribution in [3.63, 3.8) is 0 Å². The average Bonchev–Trinajstić information content (AvgIpc) is 2.06. The van der Waals surface area contributed by atoms with Crippen molar-refractivity contribution in [2.45, 2.75) is 38.4 Å². The summed E-state index contributed by atoms with van der Waals surface area (Å²) in [5, 5.41) is 0. The van der Waals surface area contributed by atoms with Crippen LogP contribution in [-0.4, -0.2) is 36.2 Å². The molecule has 0 radical (unpaired) electrons. The summed E-state index contributed by atoms with van der Waals surface area (Å²) in [7, 11) is 0. The fourth-order valence-electron chi connectivity index (χ4n) is 1.93. The van der Waals surface area contributed by atoms with E-state index in [4.69, 9.17) is 5.73 Å². The summed E-state index contributed by atoms with van der Waals surface area (Å²) in [6.45, 7) is 5.89. The van der Waals surface area contributed by atoms with E-state index in [1.165, 1.54) is 0 Å². The molecule has 1 saturated heterocycles. The van der Waals surface area contributed by atoms with E-state index in [2.05, 4.69) is 18.7 Å². The third kappa shape index (κ3) is 3.08. The molecule has 1 rings (SSSR count). The molecule has 0 aromatic rings. The van der Waals surface area contributed by atoms with Crippen molar-refractivity contribution in [1.29, 1.82) is 0 Å². The summed E-state index contributed by atoms with van der Waals surface area (Å²) in [6, 6.07) is 0. The van der Waals surface area contributed by atoms with Crippen LogP contribution in [0.4, 0.5) is 13.2 Å². The first-order valence-corrected chi connectivity index (χ1v) is 5.32. The molecule has 15 heavy (non-hydrogen) atoms. The monoisotopic (exact) mass is 224 g/mol. The summed E-state index contributed by atoms with van der Waals surface area (Å²) in [6.07, 6.45) is -4.23. The minimum atomic E-state index is -4.27. The predicted molar refractivity (Wildman–Crippen MR) is 53.5 cm³/mol. The van der Waals surface area contributed by atoms with Crippen LogP contribution in [0, 0.1) is 5.92 Å². The molecule has 1 aliphatic heterocycles. The SMILES string of the molecule is CC(C)CN1CCC(N)(C(F)(F)F)CC1. The molecule has 0 bridgehead atoms. The maximum Gasteiger partial charge on any atom is 0.406 e. The largest absolute Gasteiger partial charge is 0.406 e. The van der Waals surface area contributed by atoms with Crippen molar-refractivity contribution in [1.82, 2.24) is 4.90 Å². The van der Waals surface area contributed by atoms with Crippen molar-refractivity contribution >= 4 is 0 Å². The Morgan fingerprint density at radius 3 is 2.07 bits per heavy atom. The Morgan fingerprint density at radius 2 is 1.73 bits per heavy atom. The topological polar surface area (TPSA) is 29.3 Å². The molecular weight excluding hydrogens is 205 g/mol. The zero-order valence-corrected chi connectivity index (χ0v) is 9.27. The number of nitrogens with two attached hydrogens (primary N) is 1. The van der Waals surface area contributed by atoms with Crippen LogP contribution >= 0.6 is 0 Å². The highest BCUT2D eigenvalue weighted by Crippen LogP contribution is 2.36. The number of hydrogen-bond donors (Lipinski definition) is 1. The Balaban J connectivity index is 2.48. The molecule has 0 unspecified atom stereocenters. The Hall–Kier alpha value is -0.290.